The molecule has 1 unspecified atom stereocenters. The number of hydrogen-bond acceptors (Lipinski definition) is 6. The van der Waals surface area contributed by atoms with Crippen LogP contribution >= 0.6 is 0 Å². The molecule has 0 fully saturated rings. The average molecular weight is 274 g/mol. The zero-order valence-electron chi connectivity index (χ0n) is 9.67. The minimum atomic E-state index is -3.67. The van der Waals surface area contributed by atoms with E-state index in [1.54, 1.807) is 13.8 Å². The van der Waals surface area contributed by atoms with E-state index in [9.17, 15) is 16.8 Å². The summed E-state index contributed by atoms with van der Waals surface area (Å²) in [6.07, 6.45) is -0.0370. The summed E-state index contributed by atoms with van der Waals surface area (Å²) in [5.74, 6) is -0.325. The van der Waals surface area contributed by atoms with Crippen molar-refractivity contribution in [3.05, 3.63) is 0 Å². The highest BCUT2D eigenvalue weighted by Gasteiger charge is 2.23. The Hall–Kier alpha value is -0.180. The Labute approximate surface area is 97.2 Å². The van der Waals surface area contributed by atoms with E-state index in [0.717, 1.165) is 0 Å². The third kappa shape index (κ3) is 5.78. The Bertz CT molecular complexity index is 383. The van der Waals surface area contributed by atoms with E-state index in [0.29, 0.717) is 0 Å². The Morgan fingerprint density at radius 1 is 1.00 bits per heavy atom. The standard InChI is InChI=1S/C8H18O6S2/c1-4-13-15(9,10)7-6-8(3)16(11,12)14-5-2/h8H,4-7H2,1-3H3. The third-order valence-electron chi connectivity index (χ3n) is 1.85. The van der Waals surface area contributed by atoms with Gasteiger partial charge >= 0.3 is 0 Å². The fourth-order valence-electron chi connectivity index (χ4n) is 0.974. The molecule has 98 valence electrons. The Kier molecular flexibility index (Phi) is 6.46. The average Bonchev–Trinajstić information content (AvgIpc) is 2.14. The monoisotopic (exact) mass is 274 g/mol. The lowest BCUT2D eigenvalue weighted by molar-refractivity contribution is 0.328. The van der Waals surface area contributed by atoms with E-state index < -0.39 is 25.5 Å². The van der Waals surface area contributed by atoms with Crippen LogP contribution in [0.2, 0.25) is 0 Å². The molecule has 0 aromatic carbocycles. The van der Waals surface area contributed by atoms with Crippen molar-refractivity contribution in [2.24, 2.45) is 0 Å². The van der Waals surface area contributed by atoms with Crippen LogP contribution in [0.15, 0.2) is 0 Å². The molecule has 6 nitrogen and oxygen atoms in total. The summed E-state index contributed by atoms with van der Waals surface area (Å²) in [7, 11) is -7.29. The summed E-state index contributed by atoms with van der Waals surface area (Å²) in [6, 6.07) is 0. The topological polar surface area (TPSA) is 86.7 Å². The number of hydrogen-bond donors (Lipinski definition) is 0. The lowest BCUT2D eigenvalue weighted by Crippen LogP contribution is -2.24. The van der Waals surface area contributed by atoms with Crippen molar-refractivity contribution in [1.29, 1.82) is 0 Å². The lowest BCUT2D eigenvalue weighted by Gasteiger charge is -2.11. The van der Waals surface area contributed by atoms with Crippen LogP contribution in [0.4, 0.5) is 0 Å². The van der Waals surface area contributed by atoms with Crippen molar-refractivity contribution in [3.63, 3.8) is 0 Å². The quantitative estimate of drug-likeness (QED) is 0.599. The molecule has 0 saturated heterocycles. The summed E-state index contributed by atoms with van der Waals surface area (Å²) in [6.45, 7) is 4.62. The molecule has 0 aromatic rings. The highest BCUT2D eigenvalue weighted by Crippen LogP contribution is 2.10. The molecule has 0 bridgehead atoms. The lowest BCUT2D eigenvalue weighted by atomic mass is 10.4. The first kappa shape index (κ1) is 15.8. The van der Waals surface area contributed by atoms with Crippen LogP contribution in [0, 0.1) is 0 Å². The SMILES string of the molecule is CCOS(=O)(=O)CCC(C)S(=O)(=O)OCC. The van der Waals surface area contributed by atoms with Crippen molar-refractivity contribution in [2.75, 3.05) is 19.0 Å². The highest BCUT2D eigenvalue weighted by atomic mass is 32.2. The molecule has 0 aliphatic carbocycles. The van der Waals surface area contributed by atoms with Crippen LogP contribution in [0.3, 0.4) is 0 Å². The predicted octanol–water partition coefficient (Wildman–Crippen LogP) is 0.498. The minimum absolute atomic E-state index is 0.0370. The summed E-state index contributed by atoms with van der Waals surface area (Å²) in [5, 5.41) is -0.859. The third-order valence-corrected chi connectivity index (χ3v) is 4.96. The second kappa shape index (κ2) is 6.53. The van der Waals surface area contributed by atoms with Crippen molar-refractivity contribution >= 4 is 20.2 Å². The molecule has 0 saturated carbocycles. The van der Waals surface area contributed by atoms with Gasteiger partial charge < -0.3 is 0 Å². The normalized spacial score (nSPS) is 14.9. The maximum atomic E-state index is 11.3. The molecule has 0 radical (unpaired) electrons. The zero-order chi connectivity index (χ0) is 12.8. The molecule has 0 aromatic heterocycles. The maximum absolute atomic E-state index is 11.3. The van der Waals surface area contributed by atoms with Crippen LogP contribution < -0.4 is 0 Å². The van der Waals surface area contributed by atoms with Crippen LogP contribution in [0.25, 0.3) is 0 Å². The van der Waals surface area contributed by atoms with E-state index >= 15 is 0 Å². The molecule has 0 amide bonds. The van der Waals surface area contributed by atoms with Crippen molar-refractivity contribution < 1.29 is 25.2 Å². The molecule has 16 heavy (non-hydrogen) atoms. The van der Waals surface area contributed by atoms with Gasteiger partial charge in [0.15, 0.2) is 0 Å². The molecule has 0 aliphatic rings. The fourth-order valence-corrected chi connectivity index (χ4v) is 3.21. The summed E-state index contributed by atoms with van der Waals surface area (Å²) < 4.78 is 54.1. The molecule has 1 atom stereocenters. The number of rotatable bonds is 8. The molecular weight excluding hydrogens is 256 g/mol. The van der Waals surface area contributed by atoms with Gasteiger partial charge in [-0.05, 0) is 27.2 Å². The molecule has 0 rings (SSSR count). The van der Waals surface area contributed by atoms with Gasteiger partial charge in [-0.25, -0.2) is 0 Å². The summed E-state index contributed by atoms with van der Waals surface area (Å²) >= 11 is 0. The van der Waals surface area contributed by atoms with Crippen LogP contribution in [-0.4, -0.2) is 41.1 Å². The first-order valence-electron chi connectivity index (χ1n) is 5.00. The van der Waals surface area contributed by atoms with E-state index in [4.69, 9.17) is 0 Å². The van der Waals surface area contributed by atoms with Crippen LogP contribution in [-0.2, 0) is 28.6 Å². The van der Waals surface area contributed by atoms with Gasteiger partial charge in [0.1, 0.15) is 0 Å². The fraction of sp³-hybridized carbons (Fsp3) is 1.00. The first-order valence-corrected chi connectivity index (χ1v) is 8.05. The van der Waals surface area contributed by atoms with E-state index in [1.165, 1.54) is 6.92 Å². The van der Waals surface area contributed by atoms with Crippen LogP contribution in [0.1, 0.15) is 27.2 Å². The van der Waals surface area contributed by atoms with Gasteiger partial charge in [0.25, 0.3) is 20.2 Å². The maximum Gasteiger partial charge on any atom is 0.269 e. The zero-order valence-corrected chi connectivity index (χ0v) is 11.3. The molecule has 0 N–H and O–H groups in total. The Morgan fingerprint density at radius 3 is 1.94 bits per heavy atom. The Morgan fingerprint density at radius 2 is 1.50 bits per heavy atom. The second-order valence-electron chi connectivity index (χ2n) is 3.17. The van der Waals surface area contributed by atoms with Gasteiger partial charge in [0, 0.05) is 0 Å². The van der Waals surface area contributed by atoms with E-state index in [2.05, 4.69) is 8.37 Å². The summed E-state index contributed by atoms with van der Waals surface area (Å²) in [4.78, 5) is 0. The smallest absolute Gasteiger partial charge is 0.269 e. The predicted molar refractivity (Wildman–Crippen MR) is 60.0 cm³/mol. The first-order chi connectivity index (χ1) is 7.25. The van der Waals surface area contributed by atoms with Crippen molar-refractivity contribution in [1.82, 2.24) is 0 Å². The summed E-state index contributed by atoms with van der Waals surface area (Å²) in [5.41, 5.74) is 0. The van der Waals surface area contributed by atoms with Gasteiger partial charge in [-0.3, -0.25) is 8.37 Å². The largest absolute Gasteiger partial charge is 0.270 e. The van der Waals surface area contributed by atoms with Gasteiger partial charge in [0.05, 0.1) is 24.2 Å². The van der Waals surface area contributed by atoms with E-state index in [-0.39, 0.29) is 25.4 Å². The molecule has 8 heteroatoms. The molecular formula is C8H18O6S2. The molecule has 0 aliphatic heterocycles. The van der Waals surface area contributed by atoms with Crippen LogP contribution in [0.5, 0.6) is 0 Å². The van der Waals surface area contributed by atoms with Crippen molar-refractivity contribution in [3.8, 4) is 0 Å². The van der Waals surface area contributed by atoms with E-state index in [1.807, 2.05) is 0 Å². The molecule has 0 heterocycles. The minimum Gasteiger partial charge on any atom is -0.270 e. The highest BCUT2D eigenvalue weighted by molar-refractivity contribution is 7.88. The second-order valence-corrected chi connectivity index (χ2v) is 6.95. The Balaban J connectivity index is 4.33. The van der Waals surface area contributed by atoms with Gasteiger partial charge in [-0.1, -0.05) is 0 Å². The van der Waals surface area contributed by atoms with Gasteiger partial charge in [-0.15, -0.1) is 0 Å². The molecule has 0 spiro atoms. The van der Waals surface area contributed by atoms with Gasteiger partial charge in [0.2, 0.25) is 0 Å². The van der Waals surface area contributed by atoms with Gasteiger partial charge in [-0.2, -0.15) is 16.8 Å². The van der Waals surface area contributed by atoms with Crippen molar-refractivity contribution in [2.45, 2.75) is 32.4 Å².